The van der Waals surface area contributed by atoms with Crippen molar-refractivity contribution in [1.82, 2.24) is 4.57 Å². The summed E-state index contributed by atoms with van der Waals surface area (Å²) in [4.78, 5) is 28.7. The van der Waals surface area contributed by atoms with Crippen LogP contribution in [0.15, 0.2) is 17.1 Å². The Kier molecular flexibility index (Phi) is 5.61. The third kappa shape index (κ3) is 3.90. The molecule has 2 aromatic rings. The highest BCUT2D eigenvalue weighted by molar-refractivity contribution is 7.16. The molecule has 0 saturated heterocycles. The monoisotopic (exact) mass is 378 g/mol. The van der Waals surface area contributed by atoms with E-state index in [0.717, 1.165) is 10.2 Å². The van der Waals surface area contributed by atoms with Crippen molar-refractivity contribution in [2.45, 2.75) is 33.7 Å². The molecule has 1 aromatic heterocycles. The maximum atomic E-state index is 12.1. The molecule has 1 aromatic carbocycles. The largest absolute Gasteiger partial charge is 0.486 e. The lowest BCUT2D eigenvalue weighted by Gasteiger charge is -2.18. The second-order valence-corrected chi connectivity index (χ2v) is 7.17. The number of rotatable bonds is 5. The summed E-state index contributed by atoms with van der Waals surface area (Å²) < 4.78 is 19.1. The number of nitrogens with zero attached hydrogens (tertiary/aromatic N) is 2. The van der Waals surface area contributed by atoms with Crippen molar-refractivity contribution in [3.63, 3.8) is 0 Å². The summed E-state index contributed by atoms with van der Waals surface area (Å²) in [5, 5.41) is 0. The Morgan fingerprint density at radius 1 is 1.27 bits per heavy atom. The van der Waals surface area contributed by atoms with Gasteiger partial charge in [-0.15, -0.1) is 0 Å². The van der Waals surface area contributed by atoms with Gasteiger partial charge in [-0.2, -0.15) is 4.99 Å². The second kappa shape index (κ2) is 7.90. The lowest BCUT2D eigenvalue weighted by atomic mass is 10.2. The van der Waals surface area contributed by atoms with Crippen LogP contribution in [0.3, 0.4) is 0 Å². The molecule has 0 fully saturated rings. The molecule has 0 bridgehead atoms. The highest BCUT2D eigenvalue weighted by Gasteiger charge is 2.18. The summed E-state index contributed by atoms with van der Waals surface area (Å²) in [7, 11) is 0. The van der Waals surface area contributed by atoms with Crippen LogP contribution in [-0.2, 0) is 20.9 Å². The van der Waals surface area contributed by atoms with Crippen molar-refractivity contribution in [3.05, 3.63) is 16.9 Å². The van der Waals surface area contributed by atoms with E-state index in [-0.39, 0.29) is 24.2 Å². The highest BCUT2D eigenvalue weighted by atomic mass is 32.1. The van der Waals surface area contributed by atoms with Crippen LogP contribution in [-0.4, -0.2) is 36.3 Å². The van der Waals surface area contributed by atoms with E-state index in [9.17, 15) is 9.59 Å². The first-order valence-electron chi connectivity index (χ1n) is 8.66. The van der Waals surface area contributed by atoms with Gasteiger partial charge in [-0.05, 0) is 6.92 Å². The zero-order valence-electron chi connectivity index (χ0n) is 15.1. The summed E-state index contributed by atoms with van der Waals surface area (Å²) in [5.41, 5.74) is 0.860. The summed E-state index contributed by atoms with van der Waals surface area (Å²) >= 11 is 1.40. The maximum absolute atomic E-state index is 12.1. The first-order valence-corrected chi connectivity index (χ1v) is 9.48. The van der Waals surface area contributed by atoms with Crippen LogP contribution in [0.4, 0.5) is 0 Å². The summed E-state index contributed by atoms with van der Waals surface area (Å²) in [6.07, 6.45) is 0.206. The van der Waals surface area contributed by atoms with Crippen molar-refractivity contribution < 1.29 is 23.8 Å². The predicted octanol–water partition coefficient (Wildman–Crippen LogP) is 2.51. The molecule has 8 heteroatoms. The minimum Gasteiger partial charge on any atom is -0.486 e. The number of hydrogen-bond acceptors (Lipinski definition) is 6. The number of amides is 1. The number of benzene rings is 1. The predicted molar refractivity (Wildman–Crippen MR) is 97.5 cm³/mol. The van der Waals surface area contributed by atoms with Crippen LogP contribution in [0.2, 0.25) is 0 Å². The Morgan fingerprint density at radius 2 is 1.96 bits per heavy atom. The Morgan fingerprint density at radius 3 is 2.62 bits per heavy atom. The lowest BCUT2D eigenvalue weighted by Crippen LogP contribution is -2.21. The normalized spacial score (nSPS) is 14.1. The van der Waals surface area contributed by atoms with Crippen molar-refractivity contribution in [2.75, 3.05) is 19.8 Å². The first kappa shape index (κ1) is 18.4. The molecule has 0 radical (unpaired) electrons. The molecule has 2 heterocycles. The fraction of sp³-hybridized carbons (Fsp3) is 0.500. The second-order valence-electron chi connectivity index (χ2n) is 6.16. The van der Waals surface area contributed by atoms with E-state index in [1.54, 1.807) is 6.92 Å². The number of fused-ring (bicyclic) bond motifs is 2. The molecule has 1 amide bonds. The van der Waals surface area contributed by atoms with Crippen molar-refractivity contribution in [2.24, 2.45) is 10.9 Å². The minimum absolute atomic E-state index is 0.196. The van der Waals surface area contributed by atoms with Gasteiger partial charge in [0.25, 0.3) is 5.91 Å². The van der Waals surface area contributed by atoms with Gasteiger partial charge in [-0.3, -0.25) is 9.59 Å². The number of ether oxygens (including phenoxy) is 3. The van der Waals surface area contributed by atoms with Gasteiger partial charge < -0.3 is 18.8 Å². The zero-order valence-corrected chi connectivity index (χ0v) is 15.9. The van der Waals surface area contributed by atoms with E-state index in [1.165, 1.54) is 11.3 Å². The molecule has 0 saturated carbocycles. The Balaban J connectivity index is 2.06. The molecular weight excluding hydrogens is 356 g/mol. The topological polar surface area (TPSA) is 79.1 Å². The third-order valence-corrected chi connectivity index (χ3v) is 4.93. The number of esters is 1. The standard InChI is InChI=1S/C18H22N2O5S/c1-4-23-16(21)5-6-20-12-9-13-14(25-8-7-24-13)10-15(12)26-18(20)19-17(22)11(2)3/h9-11H,4-8H2,1-3H3. The quantitative estimate of drug-likeness (QED) is 0.747. The van der Waals surface area contributed by atoms with Crippen molar-refractivity contribution >= 4 is 33.4 Å². The molecule has 0 spiro atoms. The van der Waals surface area contributed by atoms with Crippen LogP contribution >= 0.6 is 11.3 Å². The first-order chi connectivity index (χ1) is 12.5. The number of aromatic nitrogens is 1. The molecule has 0 N–H and O–H groups in total. The van der Waals surface area contributed by atoms with Crippen LogP contribution < -0.4 is 14.3 Å². The Bertz CT molecular complexity index is 897. The molecule has 0 atom stereocenters. The fourth-order valence-electron chi connectivity index (χ4n) is 2.57. The molecule has 140 valence electrons. The number of thiazole rings is 1. The van der Waals surface area contributed by atoms with Gasteiger partial charge in [0, 0.05) is 24.6 Å². The van der Waals surface area contributed by atoms with E-state index in [0.29, 0.717) is 42.7 Å². The average molecular weight is 378 g/mol. The zero-order chi connectivity index (χ0) is 18.7. The van der Waals surface area contributed by atoms with Gasteiger partial charge in [0.1, 0.15) is 13.2 Å². The van der Waals surface area contributed by atoms with Gasteiger partial charge in [0.2, 0.25) is 0 Å². The van der Waals surface area contributed by atoms with E-state index in [1.807, 2.05) is 30.5 Å². The lowest BCUT2D eigenvalue weighted by molar-refractivity contribution is -0.143. The van der Waals surface area contributed by atoms with Crippen LogP contribution in [0, 0.1) is 5.92 Å². The van der Waals surface area contributed by atoms with E-state index >= 15 is 0 Å². The fourth-order valence-corrected chi connectivity index (χ4v) is 3.64. The van der Waals surface area contributed by atoms with E-state index in [4.69, 9.17) is 14.2 Å². The number of carbonyl (C=O) groups is 2. The van der Waals surface area contributed by atoms with Crippen LogP contribution in [0.25, 0.3) is 10.2 Å². The maximum Gasteiger partial charge on any atom is 0.307 e. The molecule has 3 rings (SSSR count). The Labute approximate surface area is 155 Å². The Hall–Kier alpha value is -2.35. The van der Waals surface area contributed by atoms with Crippen molar-refractivity contribution in [1.29, 1.82) is 0 Å². The molecule has 26 heavy (non-hydrogen) atoms. The summed E-state index contributed by atoms with van der Waals surface area (Å²) in [6.45, 7) is 7.12. The summed E-state index contributed by atoms with van der Waals surface area (Å²) in [6, 6.07) is 3.78. The molecule has 0 unspecified atom stereocenters. The molecule has 7 nitrogen and oxygen atoms in total. The van der Waals surface area contributed by atoms with Crippen LogP contribution in [0.5, 0.6) is 11.5 Å². The average Bonchev–Trinajstić information content (AvgIpc) is 2.94. The molecular formula is C18H22N2O5S. The van der Waals surface area contributed by atoms with Gasteiger partial charge >= 0.3 is 5.97 Å². The molecule has 1 aliphatic heterocycles. The van der Waals surface area contributed by atoms with E-state index < -0.39 is 0 Å². The van der Waals surface area contributed by atoms with Crippen LogP contribution in [0.1, 0.15) is 27.2 Å². The van der Waals surface area contributed by atoms with Gasteiger partial charge in [0.05, 0.1) is 23.2 Å². The number of hydrogen-bond donors (Lipinski definition) is 0. The summed E-state index contributed by atoms with van der Waals surface area (Å²) in [5.74, 6) is 0.674. The molecule has 0 aliphatic carbocycles. The van der Waals surface area contributed by atoms with E-state index in [2.05, 4.69) is 4.99 Å². The third-order valence-electron chi connectivity index (χ3n) is 3.89. The minimum atomic E-state index is -0.280. The van der Waals surface area contributed by atoms with Crippen molar-refractivity contribution in [3.8, 4) is 11.5 Å². The van der Waals surface area contributed by atoms with Gasteiger partial charge in [-0.25, -0.2) is 0 Å². The molecule has 1 aliphatic rings. The number of aryl methyl sites for hydroxylation is 1. The SMILES string of the molecule is CCOC(=O)CCn1c(=NC(=O)C(C)C)sc2cc3c(cc21)OCCO3. The smallest absolute Gasteiger partial charge is 0.307 e. The number of carbonyl (C=O) groups excluding carboxylic acids is 2. The van der Waals surface area contributed by atoms with Gasteiger partial charge in [0.15, 0.2) is 16.3 Å². The highest BCUT2D eigenvalue weighted by Crippen LogP contribution is 2.35. The van der Waals surface area contributed by atoms with Gasteiger partial charge in [-0.1, -0.05) is 25.2 Å².